The number of ketones is 1. The molecule has 1 unspecified atom stereocenters. The number of carbonyl (C=O) groups is 1. The van der Waals surface area contributed by atoms with E-state index in [0.717, 1.165) is 11.1 Å². The third kappa shape index (κ3) is 2.59. The number of rotatable bonds is 4. The minimum Gasteiger partial charge on any atom is -0.383 e. The van der Waals surface area contributed by atoms with Gasteiger partial charge >= 0.3 is 5.69 Å². The monoisotopic (exact) mass is 401 g/mol. The molecule has 2 heterocycles. The van der Waals surface area contributed by atoms with Gasteiger partial charge in [0.2, 0.25) is 0 Å². The number of aromatic nitrogens is 2. The third-order valence-corrected chi connectivity index (χ3v) is 5.66. The summed E-state index contributed by atoms with van der Waals surface area (Å²) in [5.74, 6) is -0.296. The highest BCUT2D eigenvalue weighted by atomic mass is 16.5. The van der Waals surface area contributed by atoms with Crippen LogP contribution in [0.4, 0.5) is 5.82 Å². The first-order valence-electron chi connectivity index (χ1n) is 9.68. The van der Waals surface area contributed by atoms with Gasteiger partial charge in [0.25, 0.3) is 5.56 Å². The maximum Gasteiger partial charge on any atom is 0.330 e. The summed E-state index contributed by atoms with van der Waals surface area (Å²) in [5, 5.41) is 3.25. The number of H-pyrrole nitrogens is 1. The third-order valence-electron chi connectivity index (χ3n) is 5.66. The van der Waals surface area contributed by atoms with Crippen molar-refractivity contribution in [3.05, 3.63) is 103 Å². The van der Waals surface area contributed by atoms with Crippen molar-refractivity contribution in [2.24, 2.45) is 0 Å². The molecule has 0 amide bonds. The van der Waals surface area contributed by atoms with E-state index in [1.807, 2.05) is 48.5 Å². The van der Waals surface area contributed by atoms with Gasteiger partial charge in [-0.3, -0.25) is 19.1 Å². The van der Waals surface area contributed by atoms with E-state index in [-0.39, 0.29) is 12.3 Å². The molecule has 2 aromatic carbocycles. The lowest BCUT2D eigenvalue weighted by Crippen LogP contribution is -2.38. The van der Waals surface area contributed by atoms with Crippen LogP contribution in [-0.2, 0) is 11.3 Å². The van der Waals surface area contributed by atoms with Crippen molar-refractivity contribution in [2.75, 3.05) is 19.0 Å². The van der Waals surface area contributed by atoms with E-state index < -0.39 is 17.2 Å². The number of methoxy groups -OCH3 is 1. The minimum atomic E-state index is -0.588. The standard InChI is InChI=1S/C23H19N3O4/c1-30-12-11-26-21-18(22(28)25-23(26)29)16(13-7-3-2-4-8-13)17-19(24-21)14-9-5-6-10-15(14)20(17)27/h2-10,16,24H,11-12H2,1H3,(H,25,28,29). The van der Waals surface area contributed by atoms with Crippen LogP contribution >= 0.6 is 0 Å². The zero-order valence-electron chi connectivity index (χ0n) is 16.3. The van der Waals surface area contributed by atoms with Crippen molar-refractivity contribution in [3.63, 3.8) is 0 Å². The molecule has 1 aliphatic heterocycles. The number of ether oxygens (including phenoxy) is 1. The number of hydrogen-bond acceptors (Lipinski definition) is 5. The van der Waals surface area contributed by atoms with E-state index in [9.17, 15) is 14.4 Å². The Morgan fingerprint density at radius 3 is 2.40 bits per heavy atom. The summed E-state index contributed by atoms with van der Waals surface area (Å²) in [6.07, 6.45) is 0. The second-order valence-corrected chi connectivity index (χ2v) is 7.30. The lowest BCUT2D eigenvalue weighted by Gasteiger charge is -2.29. The zero-order chi connectivity index (χ0) is 20.8. The van der Waals surface area contributed by atoms with E-state index >= 15 is 0 Å². The summed E-state index contributed by atoms with van der Waals surface area (Å²) in [7, 11) is 1.55. The fraction of sp³-hybridized carbons (Fsp3) is 0.174. The molecule has 1 atom stereocenters. The van der Waals surface area contributed by atoms with E-state index in [4.69, 9.17) is 4.74 Å². The Hall–Kier alpha value is -3.71. The molecule has 150 valence electrons. The topological polar surface area (TPSA) is 93.2 Å². The van der Waals surface area contributed by atoms with Crippen LogP contribution in [0.1, 0.15) is 33.0 Å². The molecule has 30 heavy (non-hydrogen) atoms. The Morgan fingerprint density at radius 2 is 1.67 bits per heavy atom. The molecule has 0 spiro atoms. The highest BCUT2D eigenvalue weighted by Crippen LogP contribution is 2.47. The molecule has 2 N–H and O–H groups in total. The second kappa shape index (κ2) is 6.96. The molecule has 7 nitrogen and oxygen atoms in total. The van der Waals surface area contributed by atoms with Crippen molar-refractivity contribution >= 4 is 17.3 Å². The minimum absolute atomic E-state index is 0.110. The molecule has 7 heteroatoms. The average Bonchev–Trinajstić information content (AvgIpc) is 3.05. The van der Waals surface area contributed by atoms with E-state index in [1.54, 1.807) is 13.2 Å². The average molecular weight is 401 g/mol. The van der Waals surface area contributed by atoms with E-state index in [0.29, 0.717) is 34.8 Å². The van der Waals surface area contributed by atoms with Gasteiger partial charge < -0.3 is 10.1 Å². The number of aromatic amines is 1. The number of hydrogen-bond donors (Lipinski definition) is 2. The van der Waals surface area contributed by atoms with Crippen LogP contribution in [0.3, 0.4) is 0 Å². The summed E-state index contributed by atoms with van der Waals surface area (Å²) in [4.78, 5) is 41.4. The summed E-state index contributed by atoms with van der Waals surface area (Å²) in [6, 6.07) is 16.8. The van der Waals surface area contributed by atoms with Gasteiger partial charge in [-0.25, -0.2) is 4.79 Å². The molecule has 1 aliphatic carbocycles. The van der Waals surface area contributed by atoms with E-state index in [1.165, 1.54) is 4.57 Å². The van der Waals surface area contributed by atoms with Crippen molar-refractivity contribution in [1.29, 1.82) is 0 Å². The van der Waals surface area contributed by atoms with Gasteiger partial charge in [-0.2, -0.15) is 0 Å². The number of carbonyl (C=O) groups excluding carboxylic acids is 1. The molecule has 0 saturated carbocycles. The number of fused-ring (bicyclic) bond motifs is 3. The fourth-order valence-electron chi connectivity index (χ4n) is 4.34. The normalized spacial score (nSPS) is 16.7. The molecule has 0 saturated heterocycles. The fourth-order valence-corrected chi connectivity index (χ4v) is 4.34. The molecular weight excluding hydrogens is 382 g/mol. The highest BCUT2D eigenvalue weighted by Gasteiger charge is 2.42. The molecule has 2 aliphatic rings. The van der Waals surface area contributed by atoms with E-state index in [2.05, 4.69) is 10.3 Å². The Bertz CT molecular complexity index is 1320. The second-order valence-electron chi connectivity index (χ2n) is 7.30. The van der Waals surface area contributed by atoms with Gasteiger partial charge in [-0.15, -0.1) is 0 Å². The number of Topliss-reactive ketones (excluding diaryl/α,β-unsaturated/α-hetero) is 1. The predicted molar refractivity (Wildman–Crippen MR) is 113 cm³/mol. The summed E-state index contributed by atoms with van der Waals surface area (Å²) in [5.41, 5.74) is 2.69. The molecule has 1 aromatic heterocycles. The number of allylic oxidation sites excluding steroid dienone is 1. The van der Waals surface area contributed by atoms with Crippen molar-refractivity contribution < 1.29 is 9.53 Å². The van der Waals surface area contributed by atoms with Gasteiger partial charge in [0.15, 0.2) is 5.78 Å². The number of benzene rings is 2. The van der Waals surface area contributed by atoms with Crippen molar-refractivity contribution in [2.45, 2.75) is 12.5 Å². The predicted octanol–water partition coefficient (Wildman–Crippen LogP) is 2.35. The first-order chi connectivity index (χ1) is 14.6. The number of anilines is 1. The van der Waals surface area contributed by atoms with Crippen LogP contribution in [0, 0.1) is 0 Å². The Kier molecular flexibility index (Phi) is 4.25. The maximum absolute atomic E-state index is 13.4. The van der Waals surface area contributed by atoms with Gasteiger partial charge in [0, 0.05) is 29.7 Å². The van der Waals surface area contributed by atoms with Gasteiger partial charge in [-0.05, 0) is 5.56 Å². The van der Waals surface area contributed by atoms with Gasteiger partial charge in [-0.1, -0.05) is 54.6 Å². The molecule has 0 fully saturated rings. The van der Waals surface area contributed by atoms with Gasteiger partial charge in [0.05, 0.1) is 24.4 Å². The van der Waals surface area contributed by atoms with Crippen LogP contribution in [-0.4, -0.2) is 29.1 Å². The Labute approximate surface area is 171 Å². The molecule has 0 bridgehead atoms. The Morgan fingerprint density at radius 1 is 0.967 bits per heavy atom. The number of nitrogens with zero attached hydrogens (tertiary/aromatic N) is 1. The quantitative estimate of drug-likeness (QED) is 0.700. The first kappa shape index (κ1) is 18.3. The van der Waals surface area contributed by atoms with Crippen LogP contribution < -0.4 is 16.6 Å². The van der Waals surface area contributed by atoms with Crippen LogP contribution in [0.2, 0.25) is 0 Å². The van der Waals surface area contributed by atoms with Crippen LogP contribution in [0.25, 0.3) is 5.70 Å². The summed E-state index contributed by atoms with van der Waals surface area (Å²) >= 11 is 0. The zero-order valence-corrected chi connectivity index (χ0v) is 16.3. The lowest BCUT2D eigenvalue weighted by molar-refractivity contribution is 0.103. The highest BCUT2D eigenvalue weighted by molar-refractivity contribution is 6.23. The lowest BCUT2D eigenvalue weighted by atomic mass is 9.81. The van der Waals surface area contributed by atoms with Crippen LogP contribution in [0.5, 0.6) is 0 Å². The molecule has 3 aromatic rings. The summed E-state index contributed by atoms with van der Waals surface area (Å²) in [6.45, 7) is 0.568. The van der Waals surface area contributed by atoms with Gasteiger partial charge in [0.1, 0.15) is 5.82 Å². The summed E-state index contributed by atoms with van der Waals surface area (Å²) < 4.78 is 6.61. The Balaban J connectivity index is 1.83. The van der Waals surface area contributed by atoms with Crippen LogP contribution in [0.15, 0.2) is 69.8 Å². The first-order valence-corrected chi connectivity index (χ1v) is 9.68. The maximum atomic E-state index is 13.4. The molecular formula is C23H19N3O4. The SMILES string of the molecule is COCCn1c2c(c(=O)[nH]c1=O)C(c1ccccc1)C1=C(N2)c2ccccc2C1=O. The molecule has 5 rings (SSSR count). The number of nitrogens with one attached hydrogen (secondary N) is 2. The largest absolute Gasteiger partial charge is 0.383 e. The molecule has 0 radical (unpaired) electrons. The smallest absolute Gasteiger partial charge is 0.330 e. The van der Waals surface area contributed by atoms with Crippen molar-refractivity contribution in [3.8, 4) is 0 Å². The van der Waals surface area contributed by atoms with Crippen molar-refractivity contribution in [1.82, 2.24) is 9.55 Å².